The lowest BCUT2D eigenvalue weighted by Crippen LogP contribution is -2.17. The molecule has 2 aromatic heterocycles. The van der Waals surface area contributed by atoms with Gasteiger partial charge < -0.3 is 20.2 Å². The molecule has 0 radical (unpaired) electrons. The summed E-state index contributed by atoms with van der Waals surface area (Å²) in [5.41, 5.74) is 9.35. The molecule has 5 aromatic rings. The van der Waals surface area contributed by atoms with Crippen LogP contribution < -0.4 is 11.1 Å². The number of rotatable bonds is 6. The number of para-hydroxylation sites is 3. The standard InChI is InChI=1S/C26H21N5O4/c1-34-26(33)22(25-28-20-9-5-6-10-21(20)35-25)16-11-13-17(14-12-16)24(32)29-23-19(27)15-31(30-23)18-7-3-2-4-8-18/h2-15,22H,27H2,1H3,(H,29,30,32). The number of amides is 1. The Labute approximate surface area is 200 Å². The minimum Gasteiger partial charge on any atom is -0.468 e. The second-order valence-corrected chi connectivity index (χ2v) is 7.77. The second kappa shape index (κ2) is 9.14. The summed E-state index contributed by atoms with van der Waals surface area (Å²) in [5, 5.41) is 7.09. The first-order chi connectivity index (χ1) is 17.0. The van der Waals surface area contributed by atoms with Gasteiger partial charge in [-0.15, -0.1) is 5.10 Å². The first kappa shape index (κ1) is 21.9. The quantitative estimate of drug-likeness (QED) is 0.359. The zero-order chi connectivity index (χ0) is 24.4. The van der Waals surface area contributed by atoms with Crippen LogP contribution in [0.5, 0.6) is 0 Å². The van der Waals surface area contributed by atoms with E-state index in [1.54, 1.807) is 47.3 Å². The van der Waals surface area contributed by atoms with E-state index in [4.69, 9.17) is 14.9 Å². The van der Waals surface area contributed by atoms with E-state index in [1.165, 1.54) is 7.11 Å². The molecule has 35 heavy (non-hydrogen) atoms. The topological polar surface area (TPSA) is 125 Å². The fraction of sp³-hybridized carbons (Fsp3) is 0.0769. The van der Waals surface area contributed by atoms with E-state index >= 15 is 0 Å². The Morgan fingerprint density at radius 2 is 1.71 bits per heavy atom. The average Bonchev–Trinajstić information content (AvgIpc) is 3.48. The molecule has 0 saturated heterocycles. The van der Waals surface area contributed by atoms with Crippen LogP contribution in [0, 0.1) is 0 Å². The van der Waals surface area contributed by atoms with Crippen LogP contribution in [-0.2, 0) is 9.53 Å². The van der Waals surface area contributed by atoms with Crippen molar-refractivity contribution in [3.05, 3.63) is 102 Å². The van der Waals surface area contributed by atoms with Gasteiger partial charge in [0.1, 0.15) is 5.52 Å². The third-order valence-electron chi connectivity index (χ3n) is 5.50. The lowest BCUT2D eigenvalue weighted by Gasteiger charge is -2.12. The predicted octanol–water partition coefficient (Wildman–Crippen LogP) is 4.15. The molecule has 0 spiro atoms. The van der Waals surface area contributed by atoms with E-state index in [-0.39, 0.29) is 11.7 Å². The van der Waals surface area contributed by atoms with Crippen LogP contribution >= 0.6 is 0 Å². The molecule has 5 rings (SSSR count). The molecule has 2 heterocycles. The van der Waals surface area contributed by atoms with E-state index in [1.807, 2.05) is 42.5 Å². The van der Waals surface area contributed by atoms with Crippen molar-refractivity contribution in [2.45, 2.75) is 5.92 Å². The molecule has 0 aliphatic heterocycles. The zero-order valence-corrected chi connectivity index (χ0v) is 18.7. The van der Waals surface area contributed by atoms with E-state index in [0.717, 1.165) is 5.69 Å². The maximum Gasteiger partial charge on any atom is 0.322 e. The normalized spacial score (nSPS) is 11.8. The number of methoxy groups -OCH3 is 1. The van der Waals surface area contributed by atoms with Gasteiger partial charge in [-0.2, -0.15) is 0 Å². The van der Waals surface area contributed by atoms with E-state index in [0.29, 0.717) is 27.9 Å². The molecule has 9 heteroatoms. The maximum absolute atomic E-state index is 12.8. The number of carbonyl (C=O) groups is 2. The predicted molar refractivity (Wildman–Crippen MR) is 130 cm³/mol. The van der Waals surface area contributed by atoms with Crippen LogP contribution in [0.3, 0.4) is 0 Å². The number of carbonyl (C=O) groups excluding carboxylic acids is 2. The van der Waals surface area contributed by atoms with Crippen LogP contribution in [0.4, 0.5) is 11.5 Å². The number of esters is 1. The van der Waals surface area contributed by atoms with Crippen molar-refractivity contribution in [3.8, 4) is 5.69 Å². The highest BCUT2D eigenvalue weighted by atomic mass is 16.5. The van der Waals surface area contributed by atoms with Gasteiger partial charge in [-0.05, 0) is 42.0 Å². The molecule has 0 aliphatic rings. The Morgan fingerprint density at radius 1 is 1.00 bits per heavy atom. The molecule has 0 fully saturated rings. The summed E-state index contributed by atoms with van der Waals surface area (Å²) in [4.78, 5) is 29.9. The molecule has 0 saturated carbocycles. The Balaban J connectivity index is 1.38. The van der Waals surface area contributed by atoms with E-state index < -0.39 is 17.8 Å². The molecule has 174 valence electrons. The zero-order valence-electron chi connectivity index (χ0n) is 18.7. The second-order valence-electron chi connectivity index (χ2n) is 7.77. The van der Waals surface area contributed by atoms with Gasteiger partial charge >= 0.3 is 5.97 Å². The Hall–Kier alpha value is -4.92. The van der Waals surface area contributed by atoms with Crippen molar-refractivity contribution >= 4 is 34.5 Å². The molecule has 1 unspecified atom stereocenters. The number of nitrogen functional groups attached to an aromatic ring is 1. The van der Waals surface area contributed by atoms with E-state index in [9.17, 15) is 9.59 Å². The number of aromatic nitrogens is 3. The highest BCUT2D eigenvalue weighted by molar-refractivity contribution is 6.05. The fourth-order valence-electron chi connectivity index (χ4n) is 3.71. The highest BCUT2D eigenvalue weighted by Crippen LogP contribution is 2.29. The number of nitrogens with zero attached hydrogens (tertiary/aromatic N) is 3. The van der Waals surface area contributed by atoms with E-state index in [2.05, 4.69) is 15.4 Å². The number of oxazole rings is 1. The highest BCUT2D eigenvalue weighted by Gasteiger charge is 2.29. The van der Waals surface area contributed by atoms with Crippen molar-refractivity contribution < 1.29 is 18.7 Å². The monoisotopic (exact) mass is 467 g/mol. The van der Waals surface area contributed by atoms with Crippen molar-refractivity contribution in [2.24, 2.45) is 0 Å². The fourth-order valence-corrected chi connectivity index (χ4v) is 3.71. The number of hydrogen-bond acceptors (Lipinski definition) is 7. The largest absolute Gasteiger partial charge is 0.468 e. The van der Waals surface area contributed by atoms with Gasteiger partial charge in [0.2, 0.25) is 5.89 Å². The SMILES string of the molecule is COC(=O)C(c1ccc(C(=O)Nc2nn(-c3ccccc3)cc2N)cc1)c1nc2ccccc2o1. The molecule has 1 atom stereocenters. The lowest BCUT2D eigenvalue weighted by atomic mass is 9.97. The third kappa shape index (κ3) is 4.34. The summed E-state index contributed by atoms with van der Waals surface area (Å²) in [5.74, 6) is -1.32. The number of ether oxygens (including phenoxy) is 1. The van der Waals surface area contributed by atoms with Crippen molar-refractivity contribution in [2.75, 3.05) is 18.2 Å². The number of anilines is 2. The van der Waals surface area contributed by atoms with Gasteiger partial charge in [0.15, 0.2) is 17.3 Å². The summed E-state index contributed by atoms with van der Waals surface area (Å²) in [6, 6.07) is 23.2. The Bertz CT molecular complexity index is 1470. The smallest absolute Gasteiger partial charge is 0.322 e. The molecule has 3 N–H and O–H groups in total. The van der Waals surface area contributed by atoms with Crippen molar-refractivity contribution in [1.29, 1.82) is 0 Å². The van der Waals surface area contributed by atoms with Crippen LogP contribution in [-0.4, -0.2) is 33.8 Å². The number of fused-ring (bicyclic) bond motifs is 1. The van der Waals surface area contributed by atoms with Crippen LogP contribution in [0.25, 0.3) is 16.8 Å². The first-order valence-corrected chi connectivity index (χ1v) is 10.8. The molecule has 0 aliphatic carbocycles. The number of benzene rings is 3. The van der Waals surface area contributed by atoms with Crippen molar-refractivity contribution in [3.63, 3.8) is 0 Å². The summed E-state index contributed by atoms with van der Waals surface area (Å²) in [6.07, 6.45) is 1.63. The lowest BCUT2D eigenvalue weighted by molar-refractivity contribution is -0.141. The molecule has 1 amide bonds. The van der Waals surface area contributed by atoms with Gasteiger partial charge in [0, 0.05) is 5.56 Å². The van der Waals surface area contributed by atoms with Gasteiger partial charge in [-0.25, -0.2) is 9.67 Å². The minimum absolute atomic E-state index is 0.217. The Morgan fingerprint density at radius 3 is 2.43 bits per heavy atom. The summed E-state index contributed by atoms with van der Waals surface area (Å²) in [6.45, 7) is 0. The summed E-state index contributed by atoms with van der Waals surface area (Å²) in [7, 11) is 1.30. The molecular weight excluding hydrogens is 446 g/mol. The average molecular weight is 467 g/mol. The third-order valence-corrected chi connectivity index (χ3v) is 5.50. The number of nitrogens with one attached hydrogen (secondary N) is 1. The van der Waals surface area contributed by atoms with Crippen LogP contribution in [0.2, 0.25) is 0 Å². The Kier molecular flexibility index (Phi) is 5.72. The molecule has 9 nitrogen and oxygen atoms in total. The molecule has 0 bridgehead atoms. The first-order valence-electron chi connectivity index (χ1n) is 10.8. The van der Waals surface area contributed by atoms with Gasteiger partial charge in [0.25, 0.3) is 5.91 Å². The number of nitrogens with two attached hydrogens (primary N) is 1. The van der Waals surface area contributed by atoms with Crippen LogP contribution in [0.15, 0.2) is 89.5 Å². The van der Waals surface area contributed by atoms with Gasteiger partial charge in [-0.3, -0.25) is 9.59 Å². The minimum atomic E-state index is -0.873. The summed E-state index contributed by atoms with van der Waals surface area (Å²) < 4.78 is 12.4. The van der Waals surface area contributed by atoms with Crippen molar-refractivity contribution in [1.82, 2.24) is 14.8 Å². The summed E-state index contributed by atoms with van der Waals surface area (Å²) >= 11 is 0. The molecular formula is C26H21N5O4. The molecule has 3 aromatic carbocycles. The van der Waals surface area contributed by atoms with Crippen LogP contribution in [0.1, 0.15) is 27.7 Å². The number of hydrogen-bond donors (Lipinski definition) is 2. The van der Waals surface area contributed by atoms with Gasteiger partial charge in [-0.1, -0.05) is 42.5 Å². The van der Waals surface area contributed by atoms with Gasteiger partial charge in [0.05, 0.1) is 24.7 Å². The maximum atomic E-state index is 12.8.